The molecule has 1 aliphatic rings. The highest BCUT2D eigenvalue weighted by Gasteiger charge is 2.34. The van der Waals surface area contributed by atoms with Gasteiger partial charge in [-0.2, -0.15) is 5.26 Å². The van der Waals surface area contributed by atoms with E-state index in [-0.39, 0.29) is 17.0 Å². The van der Waals surface area contributed by atoms with Crippen LogP contribution in [0.15, 0.2) is 76.9 Å². The minimum atomic E-state index is -0.601. The highest BCUT2D eigenvalue weighted by Crippen LogP contribution is 2.40. The van der Waals surface area contributed by atoms with E-state index in [1.807, 2.05) is 74.5 Å². The summed E-state index contributed by atoms with van der Waals surface area (Å²) >= 11 is 0. The van der Waals surface area contributed by atoms with E-state index in [4.69, 9.17) is 15.2 Å². The Morgan fingerprint density at radius 1 is 1.16 bits per heavy atom. The van der Waals surface area contributed by atoms with Gasteiger partial charge in [-0.1, -0.05) is 42.5 Å². The number of aromatic nitrogens is 1. The number of hydrogen-bond donors (Lipinski definition) is 1. The van der Waals surface area contributed by atoms with Gasteiger partial charge < -0.3 is 19.8 Å². The predicted octanol–water partition coefficient (Wildman–Crippen LogP) is 4.02. The van der Waals surface area contributed by atoms with Crippen molar-refractivity contribution >= 4 is 0 Å². The number of ether oxygens (including phenoxy) is 2. The molecule has 0 saturated carbocycles. The fourth-order valence-electron chi connectivity index (χ4n) is 4.11. The molecule has 32 heavy (non-hydrogen) atoms. The van der Waals surface area contributed by atoms with Crippen LogP contribution in [0.5, 0.6) is 11.5 Å². The Balaban J connectivity index is 1.80. The first-order valence-corrected chi connectivity index (χ1v) is 10.6. The standard InChI is InChI=1S/C26H25N3O3/c1-3-31-20-11-9-19(10-12-20)23-21(16-27)25(28)32-22-15-17(2)29(26(30)24(22)23)14-13-18-7-5-4-6-8-18/h4-12,15,23H,3,13-14,28H2,1-2H3. The van der Waals surface area contributed by atoms with Gasteiger partial charge in [0, 0.05) is 18.3 Å². The Labute approximate surface area is 187 Å². The first-order chi connectivity index (χ1) is 15.5. The van der Waals surface area contributed by atoms with E-state index >= 15 is 0 Å². The number of nitriles is 1. The molecule has 1 atom stereocenters. The van der Waals surface area contributed by atoms with Gasteiger partial charge in [-0.3, -0.25) is 4.79 Å². The Morgan fingerprint density at radius 2 is 1.88 bits per heavy atom. The molecule has 0 spiro atoms. The summed E-state index contributed by atoms with van der Waals surface area (Å²) in [6.07, 6.45) is 0.720. The van der Waals surface area contributed by atoms with Gasteiger partial charge in [0.1, 0.15) is 23.1 Å². The van der Waals surface area contributed by atoms with Crippen LogP contribution in [0.25, 0.3) is 0 Å². The number of benzene rings is 2. The van der Waals surface area contributed by atoms with Gasteiger partial charge in [-0.05, 0) is 43.5 Å². The van der Waals surface area contributed by atoms with E-state index in [9.17, 15) is 10.1 Å². The molecule has 2 aromatic carbocycles. The van der Waals surface area contributed by atoms with Crippen LogP contribution >= 0.6 is 0 Å². The van der Waals surface area contributed by atoms with Crippen molar-refractivity contribution in [3.05, 3.63) is 105 Å². The lowest BCUT2D eigenvalue weighted by Crippen LogP contribution is -2.33. The van der Waals surface area contributed by atoms with Crippen molar-refractivity contribution in [3.8, 4) is 17.6 Å². The van der Waals surface area contributed by atoms with Crippen LogP contribution in [-0.4, -0.2) is 11.2 Å². The van der Waals surface area contributed by atoms with Crippen molar-refractivity contribution in [1.82, 2.24) is 4.57 Å². The maximum Gasteiger partial charge on any atom is 0.258 e. The Hall–Kier alpha value is -3.98. The van der Waals surface area contributed by atoms with Gasteiger partial charge in [0.25, 0.3) is 5.56 Å². The normalized spacial score (nSPS) is 15.0. The third-order valence-corrected chi connectivity index (χ3v) is 5.68. The lowest BCUT2D eigenvalue weighted by atomic mass is 9.84. The zero-order chi connectivity index (χ0) is 22.7. The summed E-state index contributed by atoms with van der Waals surface area (Å²) in [5.74, 6) is 0.553. The first-order valence-electron chi connectivity index (χ1n) is 10.6. The van der Waals surface area contributed by atoms with Crippen molar-refractivity contribution in [1.29, 1.82) is 5.26 Å². The molecule has 0 amide bonds. The molecule has 1 aliphatic heterocycles. The quantitative estimate of drug-likeness (QED) is 0.642. The van der Waals surface area contributed by atoms with Crippen molar-refractivity contribution in [2.75, 3.05) is 6.61 Å². The number of nitrogens with zero attached hydrogens (tertiary/aromatic N) is 2. The van der Waals surface area contributed by atoms with Crippen LogP contribution in [-0.2, 0) is 13.0 Å². The molecule has 0 fully saturated rings. The Morgan fingerprint density at radius 3 is 2.53 bits per heavy atom. The number of rotatable bonds is 6. The highest BCUT2D eigenvalue weighted by molar-refractivity contribution is 5.55. The smallest absolute Gasteiger partial charge is 0.258 e. The number of fused-ring (bicyclic) bond motifs is 1. The van der Waals surface area contributed by atoms with Crippen molar-refractivity contribution in [2.24, 2.45) is 5.73 Å². The average Bonchev–Trinajstić information content (AvgIpc) is 2.79. The lowest BCUT2D eigenvalue weighted by molar-refractivity contribution is 0.340. The third-order valence-electron chi connectivity index (χ3n) is 5.68. The van der Waals surface area contributed by atoms with E-state index in [1.54, 1.807) is 4.57 Å². The monoisotopic (exact) mass is 427 g/mol. The molecule has 6 nitrogen and oxygen atoms in total. The topological polar surface area (TPSA) is 90.3 Å². The molecule has 6 heteroatoms. The van der Waals surface area contributed by atoms with Crippen molar-refractivity contribution < 1.29 is 9.47 Å². The molecule has 0 aliphatic carbocycles. The minimum absolute atomic E-state index is 0.0275. The van der Waals surface area contributed by atoms with Crippen LogP contribution in [0.3, 0.4) is 0 Å². The van der Waals surface area contributed by atoms with E-state index < -0.39 is 5.92 Å². The summed E-state index contributed by atoms with van der Waals surface area (Å²) in [5.41, 5.74) is 9.29. The second-order valence-electron chi connectivity index (χ2n) is 7.68. The summed E-state index contributed by atoms with van der Waals surface area (Å²) in [6.45, 7) is 4.88. The number of nitrogens with two attached hydrogens (primary N) is 1. The predicted molar refractivity (Wildman–Crippen MR) is 122 cm³/mol. The number of aryl methyl sites for hydroxylation is 2. The van der Waals surface area contributed by atoms with Gasteiger partial charge in [0.05, 0.1) is 18.1 Å². The van der Waals surface area contributed by atoms with Gasteiger partial charge in [0.15, 0.2) is 0 Å². The summed E-state index contributed by atoms with van der Waals surface area (Å²) in [6, 6.07) is 21.4. The molecule has 2 N–H and O–H groups in total. The SMILES string of the molecule is CCOc1ccc(C2C(C#N)=C(N)Oc3cc(C)n(CCc4ccccc4)c(=O)c32)cc1. The number of allylic oxidation sites excluding steroid dienone is 1. The third kappa shape index (κ3) is 3.97. The zero-order valence-corrected chi connectivity index (χ0v) is 18.2. The van der Waals surface area contributed by atoms with Crippen LogP contribution in [0.4, 0.5) is 0 Å². The second-order valence-corrected chi connectivity index (χ2v) is 7.68. The Bertz CT molecular complexity index is 1250. The Kier molecular flexibility index (Phi) is 6.00. The van der Waals surface area contributed by atoms with E-state index in [1.165, 1.54) is 0 Å². The molecule has 3 aromatic rings. The van der Waals surface area contributed by atoms with Gasteiger partial charge in [-0.25, -0.2) is 0 Å². The zero-order valence-electron chi connectivity index (χ0n) is 18.2. The van der Waals surface area contributed by atoms with Crippen LogP contribution < -0.4 is 20.8 Å². The maximum absolute atomic E-state index is 13.7. The fraction of sp³-hybridized carbons (Fsp3) is 0.231. The summed E-state index contributed by atoms with van der Waals surface area (Å²) < 4.78 is 13.0. The van der Waals surface area contributed by atoms with E-state index in [2.05, 4.69) is 6.07 Å². The number of hydrogen-bond acceptors (Lipinski definition) is 5. The first kappa shape index (κ1) is 21.3. The lowest BCUT2D eigenvalue weighted by Gasteiger charge is -2.27. The van der Waals surface area contributed by atoms with Crippen LogP contribution in [0.1, 0.15) is 35.2 Å². The van der Waals surface area contributed by atoms with Crippen LogP contribution in [0.2, 0.25) is 0 Å². The average molecular weight is 428 g/mol. The summed E-state index contributed by atoms with van der Waals surface area (Å²) in [5, 5.41) is 9.82. The molecule has 162 valence electrons. The number of pyridine rings is 1. The molecule has 0 saturated heterocycles. The van der Waals surface area contributed by atoms with Crippen molar-refractivity contribution in [2.45, 2.75) is 32.7 Å². The molecule has 0 bridgehead atoms. The molecule has 1 aromatic heterocycles. The molecular formula is C26H25N3O3. The van der Waals surface area contributed by atoms with Gasteiger partial charge in [-0.15, -0.1) is 0 Å². The molecular weight excluding hydrogens is 402 g/mol. The summed E-state index contributed by atoms with van der Waals surface area (Å²) in [4.78, 5) is 13.7. The highest BCUT2D eigenvalue weighted by atomic mass is 16.5. The van der Waals surface area contributed by atoms with Gasteiger partial charge in [0.2, 0.25) is 5.88 Å². The van der Waals surface area contributed by atoms with Crippen LogP contribution in [0, 0.1) is 18.3 Å². The largest absolute Gasteiger partial charge is 0.494 e. The molecule has 4 rings (SSSR count). The fourth-order valence-corrected chi connectivity index (χ4v) is 4.11. The van der Waals surface area contributed by atoms with E-state index in [0.29, 0.717) is 24.5 Å². The van der Waals surface area contributed by atoms with E-state index in [0.717, 1.165) is 29.0 Å². The maximum atomic E-state index is 13.7. The van der Waals surface area contributed by atoms with Crippen molar-refractivity contribution in [3.63, 3.8) is 0 Å². The molecule has 1 unspecified atom stereocenters. The minimum Gasteiger partial charge on any atom is -0.494 e. The summed E-state index contributed by atoms with van der Waals surface area (Å²) in [7, 11) is 0. The van der Waals surface area contributed by atoms with Gasteiger partial charge >= 0.3 is 0 Å². The second kappa shape index (κ2) is 9.03. The molecule has 2 heterocycles. The molecule has 0 radical (unpaired) electrons.